The zero-order chi connectivity index (χ0) is 11.6. The Hall–Kier alpha value is -0.0400. The molecule has 0 aromatic carbocycles. The van der Waals surface area contributed by atoms with Crippen LogP contribution in [-0.2, 0) is 0 Å². The van der Waals surface area contributed by atoms with Gasteiger partial charge in [-0.3, -0.25) is 0 Å². The Balaban J connectivity index is 1.68. The first-order valence-corrected chi connectivity index (χ1v) is 7.17. The molecular weight excluding hydrogens is 194 g/mol. The number of hydrogen-bond acceptors (Lipinski definition) is 1. The van der Waals surface area contributed by atoms with Crippen LogP contribution in [-0.4, -0.2) is 12.6 Å². The molecule has 0 saturated heterocycles. The largest absolute Gasteiger partial charge is 0.313 e. The molecule has 0 spiro atoms. The summed E-state index contributed by atoms with van der Waals surface area (Å²) < 4.78 is 0. The van der Waals surface area contributed by atoms with Gasteiger partial charge in [0.15, 0.2) is 0 Å². The van der Waals surface area contributed by atoms with Crippen molar-refractivity contribution in [3.05, 3.63) is 0 Å². The van der Waals surface area contributed by atoms with Crippen LogP contribution in [0.15, 0.2) is 0 Å². The summed E-state index contributed by atoms with van der Waals surface area (Å²) in [5, 5.41) is 3.94. The molecule has 92 valence electrons. The predicted octanol–water partition coefficient (Wildman–Crippen LogP) is 3.45. The minimum Gasteiger partial charge on any atom is -0.313 e. The predicted molar refractivity (Wildman–Crippen MR) is 68.3 cm³/mol. The van der Waals surface area contributed by atoms with Gasteiger partial charge in [-0.15, -0.1) is 0 Å². The molecule has 1 N–H and O–H groups in total. The van der Waals surface area contributed by atoms with Crippen LogP contribution in [0.5, 0.6) is 0 Å². The molecule has 3 rings (SSSR count). The average molecular weight is 221 g/mol. The third-order valence-electron chi connectivity index (χ3n) is 6.13. The van der Waals surface area contributed by atoms with Crippen LogP contribution in [0.25, 0.3) is 0 Å². The standard InChI is InChI=1S/C15H27N/c1-10-7-11(10)9-16-13-14(2,3)12-5-6-15(13,4)8-12/h10-13,16H,5-9H2,1-4H3/t10?,11?,12-,13?,15+/m0/s1. The highest BCUT2D eigenvalue weighted by Gasteiger charge is 2.59. The fourth-order valence-corrected chi connectivity index (χ4v) is 4.76. The summed E-state index contributed by atoms with van der Waals surface area (Å²) in [7, 11) is 0. The molecule has 3 aliphatic rings. The normalized spacial score (nSPS) is 53.2. The Kier molecular flexibility index (Phi) is 2.25. The fourth-order valence-electron chi connectivity index (χ4n) is 4.76. The highest BCUT2D eigenvalue weighted by molar-refractivity contribution is 5.12. The lowest BCUT2D eigenvalue weighted by Gasteiger charge is -2.43. The molecule has 3 unspecified atom stereocenters. The van der Waals surface area contributed by atoms with Crippen molar-refractivity contribution in [2.75, 3.05) is 6.54 Å². The molecule has 0 heterocycles. The highest BCUT2D eigenvalue weighted by atomic mass is 15.0. The number of rotatable bonds is 3. The lowest BCUT2D eigenvalue weighted by atomic mass is 9.68. The smallest absolute Gasteiger partial charge is 0.0175 e. The van der Waals surface area contributed by atoms with Crippen LogP contribution >= 0.6 is 0 Å². The van der Waals surface area contributed by atoms with E-state index >= 15 is 0 Å². The van der Waals surface area contributed by atoms with Gasteiger partial charge in [-0.05, 0) is 60.8 Å². The van der Waals surface area contributed by atoms with Crippen molar-refractivity contribution in [2.24, 2.45) is 28.6 Å². The van der Waals surface area contributed by atoms with Gasteiger partial charge in [0.1, 0.15) is 0 Å². The maximum absolute atomic E-state index is 3.94. The van der Waals surface area contributed by atoms with Crippen molar-refractivity contribution >= 4 is 0 Å². The molecule has 1 nitrogen and oxygen atoms in total. The fraction of sp³-hybridized carbons (Fsp3) is 1.00. The Morgan fingerprint density at radius 2 is 1.94 bits per heavy atom. The van der Waals surface area contributed by atoms with Gasteiger partial charge in [0.05, 0.1) is 0 Å². The Morgan fingerprint density at radius 1 is 1.25 bits per heavy atom. The van der Waals surface area contributed by atoms with E-state index in [-0.39, 0.29) is 0 Å². The second-order valence-corrected chi connectivity index (χ2v) is 7.73. The van der Waals surface area contributed by atoms with Crippen LogP contribution in [0.2, 0.25) is 0 Å². The van der Waals surface area contributed by atoms with E-state index in [1.54, 1.807) is 0 Å². The lowest BCUT2D eigenvalue weighted by Crippen LogP contribution is -2.50. The van der Waals surface area contributed by atoms with E-state index in [0.717, 1.165) is 23.8 Å². The van der Waals surface area contributed by atoms with Gasteiger partial charge in [-0.25, -0.2) is 0 Å². The van der Waals surface area contributed by atoms with Gasteiger partial charge in [0.2, 0.25) is 0 Å². The summed E-state index contributed by atoms with van der Waals surface area (Å²) in [6.45, 7) is 11.2. The van der Waals surface area contributed by atoms with Gasteiger partial charge in [0.25, 0.3) is 0 Å². The SMILES string of the molecule is CC1CC1CNC1C(C)(C)[C@H]2CC[C@]1(C)C2. The van der Waals surface area contributed by atoms with Crippen molar-refractivity contribution in [2.45, 2.75) is 59.4 Å². The van der Waals surface area contributed by atoms with Crippen LogP contribution in [0.3, 0.4) is 0 Å². The first-order valence-electron chi connectivity index (χ1n) is 7.17. The van der Waals surface area contributed by atoms with E-state index in [2.05, 4.69) is 33.0 Å². The summed E-state index contributed by atoms with van der Waals surface area (Å²) in [6.07, 6.45) is 5.86. The molecule has 5 atom stereocenters. The van der Waals surface area contributed by atoms with E-state index < -0.39 is 0 Å². The molecule has 0 amide bonds. The van der Waals surface area contributed by atoms with Crippen molar-refractivity contribution in [1.82, 2.24) is 5.32 Å². The van der Waals surface area contributed by atoms with Crippen LogP contribution in [0, 0.1) is 28.6 Å². The summed E-state index contributed by atoms with van der Waals surface area (Å²) in [6, 6.07) is 0.770. The second-order valence-electron chi connectivity index (χ2n) is 7.73. The number of hydrogen-bond donors (Lipinski definition) is 1. The van der Waals surface area contributed by atoms with Crippen LogP contribution < -0.4 is 5.32 Å². The van der Waals surface area contributed by atoms with E-state index in [1.165, 1.54) is 32.2 Å². The summed E-state index contributed by atoms with van der Waals surface area (Å²) in [4.78, 5) is 0. The highest BCUT2D eigenvalue weighted by Crippen LogP contribution is 2.62. The minimum absolute atomic E-state index is 0.533. The zero-order valence-corrected chi connectivity index (χ0v) is 11.3. The second kappa shape index (κ2) is 3.25. The van der Waals surface area contributed by atoms with Gasteiger partial charge in [-0.1, -0.05) is 27.7 Å². The maximum Gasteiger partial charge on any atom is 0.0175 e. The monoisotopic (exact) mass is 221 g/mol. The third kappa shape index (κ3) is 1.47. The Bertz CT molecular complexity index is 291. The number of nitrogens with one attached hydrogen (secondary N) is 1. The quantitative estimate of drug-likeness (QED) is 0.769. The van der Waals surface area contributed by atoms with Crippen molar-refractivity contribution in [3.63, 3.8) is 0 Å². The molecule has 16 heavy (non-hydrogen) atoms. The maximum atomic E-state index is 3.94. The van der Waals surface area contributed by atoms with Gasteiger partial charge in [-0.2, -0.15) is 0 Å². The molecule has 3 aliphatic carbocycles. The van der Waals surface area contributed by atoms with E-state index in [9.17, 15) is 0 Å². The summed E-state index contributed by atoms with van der Waals surface area (Å²) >= 11 is 0. The first kappa shape index (κ1) is 11.1. The molecule has 0 aromatic rings. The number of fused-ring (bicyclic) bond motifs is 2. The molecule has 2 bridgehead atoms. The third-order valence-corrected chi connectivity index (χ3v) is 6.13. The van der Waals surface area contributed by atoms with E-state index in [1.807, 2.05) is 0 Å². The van der Waals surface area contributed by atoms with E-state index in [4.69, 9.17) is 0 Å². The molecular formula is C15H27N. The van der Waals surface area contributed by atoms with Gasteiger partial charge >= 0.3 is 0 Å². The Morgan fingerprint density at radius 3 is 2.44 bits per heavy atom. The Labute approximate surface area is 100 Å². The van der Waals surface area contributed by atoms with Crippen molar-refractivity contribution in [3.8, 4) is 0 Å². The van der Waals surface area contributed by atoms with Crippen LogP contribution in [0.1, 0.15) is 53.4 Å². The van der Waals surface area contributed by atoms with Gasteiger partial charge < -0.3 is 5.32 Å². The summed E-state index contributed by atoms with van der Waals surface area (Å²) in [5.74, 6) is 2.95. The average Bonchev–Trinajstić information content (AvgIpc) is 2.67. The van der Waals surface area contributed by atoms with Crippen LogP contribution in [0.4, 0.5) is 0 Å². The molecule has 0 radical (unpaired) electrons. The zero-order valence-electron chi connectivity index (χ0n) is 11.3. The van der Waals surface area contributed by atoms with E-state index in [0.29, 0.717) is 10.8 Å². The molecule has 3 saturated carbocycles. The topological polar surface area (TPSA) is 12.0 Å². The van der Waals surface area contributed by atoms with Crippen molar-refractivity contribution in [1.29, 1.82) is 0 Å². The molecule has 0 aromatic heterocycles. The first-order chi connectivity index (χ1) is 7.43. The molecule has 3 fully saturated rings. The minimum atomic E-state index is 0.533. The van der Waals surface area contributed by atoms with Crippen molar-refractivity contribution < 1.29 is 0 Å². The van der Waals surface area contributed by atoms with Gasteiger partial charge in [0, 0.05) is 6.04 Å². The molecule has 0 aliphatic heterocycles. The summed E-state index contributed by atoms with van der Waals surface area (Å²) in [5.41, 5.74) is 1.14. The molecule has 1 heteroatoms. The lowest BCUT2D eigenvalue weighted by molar-refractivity contribution is 0.108.